The number of halogens is 1. The molecule has 1 aliphatic heterocycles. The van der Waals surface area contributed by atoms with Crippen molar-refractivity contribution in [2.45, 2.75) is 38.7 Å². The Bertz CT molecular complexity index is 1270. The van der Waals surface area contributed by atoms with Crippen LogP contribution >= 0.6 is 0 Å². The third-order valence-electron chi connectivity index (χ3n) is 6.36. The molecule has 3 aromatic rings. The normalized spacial score (nSPS) is 14.9. The number of sulfonamides is 1. The Balaban J connectivity index is 1.20. The lowest BCUT2D eigenvalue weighted by atomic mass is 9.97. The molecule has 8 heteroatoms. The lowest BCUT2D eigenvalue weighted by Crippen LogP contribution is -2.43. The average Bonchev–Trinajstić information content (AvgIpc) is 2.87. The van der Waals surface area contributed by atoms with Crippen molar-refractivity contribution in [2.24, 2.45) is 5.92 Å². The van der Waals surface area contributed by atoms with Gasteiger partial charge in [0, 0.05) is 25.6 Å². The predicted octanol–water partition coefficient (Wildman–Crippen LogP) is 4.57. The summed E-state index contributed by atoms with van der Waals surface area (Å²) < 4.78 is 45.9. The van der Waals surface area contributed by atoms with Crippen LogP contribution in [0.5, 0.6) is 5.75 Å². The topological polar surface area (TPSA) is 75.7 Å². The molecule has 0 radical (unpaired) electrons. The Morgan fingerprint density at radius 3 is 2.31 bits per heavy atom. The van der Waals surface area contributed by atoms with E-state index in [9.17, 15) is 17.6 Å². The van der Waals surface area contributed by atoms with Crippen LogP contribution in [0.1, 0.15) is 35.1 Å². The fourth-order valence-corrected chi connectivity index (χ4v) is 5.83. The highest BCUT2D eigenvalue weighted by Crippen LogP contribution is 2.22. The molecule has 4 rings (SSSR count). The maximum Gasteiger partial charge on any atom is 0.223 e. The van der Waals surface area contributed by atoms with E-state index in [1.165, 1.54) is 16.4 Å². The van der Waals surface area contributed by atoms with Crippen LogP contribution in [0.25, 0.3) is 0 Å². The van der Waals surface area contributed by atoms with E-state index in [4.69, 9.17) is 4.74 Å². The number of hydrogen-bond donors (Lipinski definition) is 1. The molecular formula is C28H31FN2O4S. The molecule has 0 bridgehead atoms. The molecule has 3 aromatic carbocycles. The van der Waals surface area contributed by atoms with E-state index < -0.39 is 10.0 Å². The van der Waals surface area contributed by atoms with Crippen molar-refractivity contribution < 1.29 is 22.3 Å². The second-order valence-electron chi connectivity index (χ2n) is 9.20. The molecule has 0 unspecified atom stereocenters. The second-order valence-corrected chi connectivity index (χ2v) is 11.2. The first kappa shape index (κ1) is 25.9. The zero-order valence-corrected chi connectivity index (χ0v) is 21.1. The number of nitrogens with one attached hydrogen (secondary N) is 1. The number of piperidine rings is 1. The standard InChI is InChI=1S/C28H31FN2O4S/c1-21-3-2-4-24(17-21)20-36(33,34)31-15-13-25(14-16-31)28(32)30-18-22-7-11-27(12-8-22)35-19-23-5-9-26(29)10-6-23/h2-12,17,25H,13-16,18-20H2,1H3,(H,30,32). The van der Waals surface area contributed by atoms with E-state index in [-0.39, 0.29) is 23.4 Å². The minimum absolute atomic E-state index is 0.0187. The van der Waals surface area contributed by atoms with E-state index in [1.54, 1.807) is 12.1 Å². The maximum atomic E-state index is 13.0. The molecule has 36 heavy (non-hydrogen) atoms. The van der Waals surface area contributed by atoms with Crippen LogP contribution < -0.4 is 10.1 Å². The smallest absolute Gasteiger partial charge is 0.223 e. The summed E-state index contributed by atoms with van der Waals surface area (Å²) in [7, 11) is -3.41. The third kappa shape index (κ3) is 7.15. The lowest BCUT2D eigenvalue weighted by Gasteiger charge is -2.30. The monoisotopic (exact) mass is 510 g/mol. The Labute approximate surface area is 212 Å². The Kier molecular flexibility index (Phi) is 8.38. The highest BCUT2D eigenvalue weighted by Gasteiger charge is 2.31. The van der Waals surface area contributed by atoms with Crippen molar-refractivity contribution in [3.63, 3.8) is 0 Å². The number of ether oxygens (including phenoxy) is 1. The summed E-state index contributed by atoms with van der Waals surface area (Å²) in [5.41, 5.74) is 3.63. The summed E-state index contributed by atoms with van der Waals surface area (Å²) in [6.07, 6.45) is 1.02. The SMILES string of the molecule is Cc1cccc(CS(=O)(=O)N2CCC(C(=O)NCc3ccc(OCc4ccc(F)cc4)cc3)CC2)c1. The molecular weight excluding hydrogens is 479 g/mol. The largest absolute Gasteiger partial charge is 0.489 e. The molecule has 0 aromatic heterocycles. The van der Waals surface area contributed by atoms with Crippen LogP contribution in [0.4, 0.5) is 4.39 Å². The fraction of sp³-hybridized carbons (Fsp3) is 0.321. The third-order valence-corrected chi connectivity index (χ3v) is 8.21. The predicted molar refractivity (Wildman–Crippen MR) is 137 cm³/mol. The zero-order chi connectivity index (χ0) is 25.5. The van der Waals surface area contributed by atoms with Crippen molar-refractivity contribution in [3.8, 4) is 5.75 Å². The summed E-state index contributed by atoms with van der Waals surface area (Å²) in [6.45, 7) is 3.38. The summed E-state index contributed by atoms with van der Waals surface area (Å²) in [4.78, 5) is 12.7. The molecule has 1 N–H and O–H groups in total. The summed E-state index contributed by atoms with van der Waals surface area (Å²) >= 11 is 0. The molecule has 190 valence electrons. The van der Waals surface area contributed by atoms with Gasteiger partial charge in [-0.25, -0.2) is 17.1 Å². The lowest BCUT2D eigenvalue weighted by molar-refractivity contribution is -0.126. The van der Waals surface area contributed by atoms with E-state index >= 15 is 0 Å². The molecule has 6 nitrogen and oxygen atoms in total. The quantitative estimate of drug-likeness (QED) is 0.458. The summed E-state index contributed by atoms with van der Waals surface area (Å²) in [5.74, 6) is 0.137. The van der Waals surface area contributed by atoms with Gasteiger partial charge in [-0.05, 0) is 60.7 Å². The first-order chi connectivity index (χ1) is 17.3. The number of hydrogen-bond acceptors (Lipinski definition) is 4. The van der Waals surface area contributed by atoms with E-state index in [2.05, 4.69) is 5.32 Å². The molecule has 1 amide bonds. The van der Waals surface area contributed by atoms with E-state index in [0.717, 1.165) is 22.3 Å². The molecule has 0 atom stereocenters. The van der Waals surface area contributed by atoms with Gasteiger partial charge in [-0.15, -0.1) is 0 Å². The second kappa shape index (κ2) is 11.7. The number of carbonyl (C=O) groups excluding carboxylic acids is 1. The van der Waals surface area contributed by atoms with Crippen molar-refractivity contribution in [3.05, 3.63) is 101 Å². The molecule has 1 aliphatic rings. The van der Waals surface area contributed by atoms with Gasteiger partial charge >= 0.3 is 0 Å². The Hall–Kier alpha value is -3.23. The number of amides is 1. The highest BCUT2D eigenvalue weighted by molar-refractivity contribution is 7.88. The van der Waals surface area contributed by atoms with Crippen LogP contribution in [-0.2, 0) is 33.7 Å². The molecule has 0 aliphatic carbocycles. The maximum absolute atomic E-state index is 13.0. The van der Waals surface area contributed by atoms with Crippen LogP contribution in [-0.4, -0.2) is 31.7 Å². The van der Waals surface area contributed by atoms with Gasteiger partial charge in [0.1, 0.15) is 18.2 Å². The van der Waals surface area contributed by atoms with Crippen LogP contribution in [0.2, 0.25) is 0 Å². The Morgan fingerprint density at radius 2 is 1.64 bits per heavy atom. The molecule has 0 saturated carbocycles. The van der Waals surface area contributed by atoms with Gasteiger partial charge in [0.15, 0.2) is 0 Å². The van der Waals surface area contributed by atoms with Gasteiger partial charge in [-0.3, -0.25) is 4.79 Å². The van der Waals surface area contributed by atoms with Crippen LogP contribution in [0.3, 0.4) is 0 Å². The molecule has 1 fully saturated rings. The number of benzene rings is 3. The number of rotatable bonds is 9. The van der Waals surface area contributed by atoms with Crippen molar-refractivity contribution in [2.75, 3.05) is 13.1 Å². The highest BCUT2D eigenvalue weighted by atomic mass is 32.2. The average molecular weight is 511 g/mol. The molecule has 0 spiro atoms. The minimum atomic E-state index is -3.41. The summed E-state index contributed by atoms with van der Waals surface area (Å²) in [5, 5.41) is 2.97. The fourth-order valence-electron chi connectivity index (χ4n) is 4.28. The number of nitrogens with zero attached hydrogens (tertiary/aromatic N) is 1. The zero-order valence-electron chi connectivity index (χ0n) is 20.3. The van der Waals surface area contributed by atoms with Crippen LogP contribution in [0, 0.1) is 18.7 Å². The number of aryl methyl sites for hydroxylation is 1. The number of carbonyl (C=O) groups is 1. The molecule has 1 saturated heterocycles. The first-order valence-corrected chi connectivity index (χ1v) is 13.7. The van der Waals surface area contributed by atoms with Gasteiger partial charge in [0.05, 0.1) is 5.75 Å². The van der Waals surface area contributed by atoms with Gasteiger partial charge in [-0.1, -0.05) is 54.1 Å². The van der Waals surface area contributed by atoms with Crippen molar-refractivity contribution in [1.82, 2.24) is 9.62 Å². The van der Waals surface area contributed by atoms with Crippen LogP contribution in [0.15, 0.2) is 72.8 Å². The van der Waals surface area contributed by atoms with E-state index in [1.807, 2.05) is 55.5 Å². The summed E-state index contributed by atoms with van der Waals surface area (Å²) in [6, 6.07) is 21.2. The van der Waals surface area contributed by atoms with Gasteiger partial charge in [-0.2, -0.15) is 0 Å². The first-order valence-electron chi connectivity index (χ1n) is 12.1. The van der Waals surface area contributed by atoms with Gasteiger partial charge in [0.25, 0.3) is 0 Å². The van der Waals surface area contributed by atoms with E-state index in [0.29, 0.717) is 44.8 Å². The molecule has 1 heterocycles. The Morgan fingerprint density at radius 1 is 0.972 bits per heavy atom. The van der Waals surface area contributed by atoms with Crippen molar-refractivity contribution >= 4 is 15.9 Å². The van der Waals surface area contributed by atoms with Crippen molar-refractivity contribution in [1.29, 1.82) is 0 Å². The van der Waals surface area contributed by atoms with Gasteiger partial charge in [0.2, 0.25) is 15.9 Å². The van der Waals surface area contributed by atoms with Gasteiger partial charge < -0.3 is 10.1 Å². The minimum Gasteiger partial charge on any atom is -0.489 e.